The van der Waals surface area contributed by atoms with Gasteiger partial charge < -0.3 is 15.7 Å². The minimum atomic E-state index is -1.13. The lowest BCUT2D eigenvalue weighted by atomic mass is 10.1. The Morgan fingerprint density at radius 1 is 1.06 bits per heavy atom. The van der Waals surface area contributed by atoms with Crippen LogP contribution in [0.2, 0.25) is 15.1 Å². The fraction of sp³-hybridized carbons (Fsp3) is 0.211. The number of hydrogen-bond acceptors (Lipinski definition) is 4. The van der Waals surface area contributed by atoms with Gasteiger partial charge in [-0.15, -0.1) is 0 Å². The predicted octanol–water partition coefficient (Wildman–Crippen LogP) is 4.46. The topological polar surface area (TPSA) is 144 Å². The van der Waals surface area contributed by atoms with Crippen LogP contribution in [0.25, 0.3) is 10.4 Å². The normalized spacial score (nSPS) is 11.2. The molecule has 2 aromatic rings. The van der Waals surface area contributed by atoms with Crippen LogP contribution < -0.4 is 10.6 Å². The van der Waals surface area contributed by atoms with Gasteiger partial charge in [0, 0.05) is 34.6 Å². The monoisotopic (exact) mass is 483 g/mol. The van der Waals surface area contributed by atoms with Gasteiger partial charge >= 0.3 is 5.97 Å². The number of carbonyl (C=O) groups excluding carboxylic acids is 2. The van der Waals surface area contributed by atoms with Crippen LogP contribution in [0.4, 0.5) is 0 Å². The van der Waals surface area contributed by atoms with Gasteiger partial charge in [0.05, 0.1) is 22.0 Å². The third kappa shape index (κ3) is 7.34. The number of aliphatic carboxylic acids is 1. The lowest BCUT2D eigenvalue weighted by molar-refractivity contribution is -0.137. The number of benzene rings is 2. The maximum Gasteiger partial charge on any atom is 0.305 e. The molecular weight excluding hydrogens is 469 g/mol. The summed E-state index contributed by atoms with van der Waals surface area (Å²) in [6, 6.07) is 8.27. The quantitative estimate of drug-likeness (QED) is 0.274. The van der Waals surface area contributed by atoms with Gasteiger partial charge in [0.15, 0.2) is 0 Å². The summed E-state index contributed by atoms with van der Waals surface area (Å²) < 4.78 is 0. The maximum atomic E-state index is 12.4. The highest BCUT2D eigenvalue weighted by atomic mass is 35.5. The second kappa shape index (κ2) is 11.4. The van der Waals surface area contributed by atoms with Gasteiger partial charge in [-0.3, -0.25) is 14.4 Å². The molecule has 2 rings (SSSR count). The average molecular weight is 485 g/mol. The van der Waals surface area contributed by atoms with Crippen molar-refractivity contribution in [2.45, 2.75) is 19.0 Å². The predicted molar refractivity (Wildman–Crippen MR) is 117 cm³/mol. The van der Waals surface area contributed by atoms with Crippen molar-refractivity contribution in [2.75, 3.05) is 6.54 Å². The van der Waals surface area contributed by atoms with Crippen molar-refractivity contribution >= 4 is 52.6 Å². The molecule has 0 heterocycles. The van der Waals surface area contributed by atoms with Crippen LogP contribution in [0.15, 0.2) is 41.5 Å². The molecule has 162 valence electrons. The van der Waals surface area contributed by atoms with Crippen LogP contribution in [0, 0.1) is 0 Å². The number of rotatable bonds is 9. The summed E-state index contributed by atoms with van der Waals surface area (Å²) >= 11 is 17.9. The van der Waals surface area contributed by atoms with E-state index in [1.165, 1.54) is 24.3 Å². The van der Waals surface area contributed by atoms with Crippen LogP contribution in [0.5, 0.6) is 0 Å². The molecular formula is C19H16Cl3N5O4. The summed E-state index contributed by atoms with van der Waals surface area (Å²) in [7, 11) is 0. The van der Waals surface area contributed by atoms with Crippen LogP contribution in [0.1, 0.15) is 32.7 Å². The summed E-state index contributed by atoms with van der Waals surface area (Å²) in [5.74, 6) is -2.14. The molecule has 1 atom stereocenters. The number of halogens is 3. The molecule has 0 unspecified atom stereocenters. The summed E-state index contributed by atoms with van der Waals surface area (Å²) in [6.45, 7) is -0.0387. The lowest BCUT2D eigenvalue weighted by Crippen LogP contribution is -2.38. The van der Waals surface area contributed by atoms with Crippen molar-refractivity contribution in [1.82, 2.24) is 10.6 Å². The number of carboxylic acids is 1. The Bertz CT molecular complexity index is 1010. The Hall–Kier alpha value is -2.97. The zero-order chi connectivity index (χ0) is 23.0. The molecule has 0 aromatic heterocycles. The molecule has 0 radical (unpaired) electrons. The van der Waals surface area contributed by atoms with Gasteiger partial charge in [-0.05, 0) is 35.4 Å². The molecule has 0 saturated heterocycles. The van der Waals surface area contributed by atoms with Crippen molar-refractivity contribution in [3.05, 3.63) is 78.6 Å². The van der Waals surface area contributed by atoms with E-state index in [-0.39, 0.29) is 40.7 Å². The molecule has 12 heteroatoms. The second-order valence-electron chi connectivity index (χ2n) is 6.31. The summed E-state index contributed by atoms with van der Waals surface area (Å²) in [5, 5.41) is 17.9. The van der Waals surface area contributed by atoms with Gasteiger partial charge in [0.1, 0.15) is 0 Å². The van der Waals surface area contributed by atoms with Crippen molar-refractivity contribution in [2.24, 2.45) is 5.11 Å². The summed E-state index contributed by atoms with van der Waals surface area (Å²) in [4.78, 5) is 38.1. The number of azide groups is 1. The molecule has 0 spiro atoms. The van der Waals surface area contributed by atoms with E-state index in [9.17, 15) is 14.4 Å². The van der Waals surface area contributed by atoms with Crippen molar-refractivity contribution in [3.8, 4) is 0 Å². The first-order chi connectivity index (χ1) is 14.7. The molecule has 0 aliphatic rings. The Morgan fingerprint density at radius 3 is 2.23 bits per heavy atom. The molecule has 0 fully saturated rings. The van der Waals surface area contributed by atoms with Crippen LogP contribution in [-0.4, -0.2) is 35.5 Å². The van der Waals surface area contributed by atoms with Crippen molar-refractivity contribution in [3.63, 3.8) is 0 Å². The molecule has 31 heavy (non-hydrogen) atoms. The SMILES string of the molecule is [N-]=[N+]=NC[C@H](CC(=O)O)NC(=O)c1ccc(CNC(=O)c2c(Cl)cc(Cl)cc2Cl)cc1. The Labute approximate surface area is 191 Å². The fourth-order valence-corrected chi connectivity index (χ4v) is 3.57. The van der Waals surface area contributed by atoms with Gasteiger partial charge in [0.2, 0.25) is 0 Å². The first-order valence-electron chi connectivity index (χ1n) is 8.76. The number of carbonyl (C=O) groups is 3. The second-order valence-corrected chi connectivity index (χ2v) is 7.56. The maximum absolute atomic E-state index is 12.4. The number of nitrogens with one attached hydrogen (secondary N) is 2. The largest absolute Gasteiger partial charge is 0.481 e. The molecule has 2 aromatic carbocycles. The van der Waals surface area contributed by atoms with E-state index in [1.807, 2.05) is 0 Å². The van der Waals surface area contributed by atoms with Gasteiger partial charge in [0.25, 0.3) is 11.8 Å². The molecule has 2 amide bonds. The van der Waals surface area contributed by atoms with Crippen LogP contribution in [0.3, 0.4) is 0 Å². The molecule has 0 bridgehead atoms. The van der Waals surface area contributed by atoms with Crippen molar-refractivity contribution < 1.29 is 19.5 Å². The van der Waals surface area contributed by atoms with Gasteiger partial charge in [-0.25, -0.2) is 0 Å². The van der Waals surface area contributed by atoms with Gasteiger partial charge in [-0.1, -0.05) is 52.0 Å². The molecule has 9 nitrogen and oxygen atoms in total. The van der Waals surface area contributed by atoms with Crippen LogP contribution >= 0.6 is 34.8 Å². The van der Waals surface area contributed by atoms with E-state index < -0.39 is 23.8 Å². The minimum absolute atomic E-state index is 0.105. The smallest absolute Gasteiger partial charge is 0.305 e. The number of carboxylic acid groups (broad SMARTS) is 1. The summed E-state index contributed by atoms with van der Waals surface area (Å²) in [6.07, 6.45) is -0.384. The highest BCUT2D eigenvalue weighted by Crippen LogP contribution is 2.28. The van der Waals surface area contributed by atoms with E-state index in [0.717, 1.165) is 0 Å². The first-order valence-corrected chi connectivity index (χ1v) is 9.89. The van der Waals surface area contributed by atoms with E-state index >= 15 is 0 Å². The number of nitrogens with zero attached hydrogens (tertiary/aromatic N) is 3. The Balaban J connectivity index is 2.00. The average Bonchev–Trinajstić information content (AvgIpc) is 2.69. The molecule has 0 saturated carbocycles. The minimum Gasteiger partial charge on any atom is -0.481 e. The van der Waals surface area contributed by atoms with Gasteiger partial charge in [-0.2, -0.15) is 0 Å². The molecule has 3 N–H and O–H groups in total. The standard InChI is InChI=1S/C19H16Cl3N5O4/c20-12-5-14(21)17(15(22)6-12)19(31)24-8-10-1-3-11(4-2-10)18(30)26-13(7-16(28)29)9-25-27-23/h1-6,13H,7-9H2,(H,24,31)(H,26,30)(H,28,29)/t13-/m0/s1. The number of hydrogen-bond donors (Lipinski definition) is 3. The zero-order valence-corrected chi connectivity index (χ0v) is 18.1. The Morgan fingerprint density at radius 2 is 1.68 bits per heavy atom. The van der Waals surface area contributed by atoms with E-state index in [0.29, 0.717) is 10.6 Å². The molecule has 0 aliphatic carbocycles. The van der Waals surface area contributed by atoms with Crippen LogP contribution in [-0.2, 0) is 11.3 Å². The molecule has 0 aliphatic heterocycles. The highest BCUT2D eigenvalue weighted by Gasteiger charge is 2.17. The van der Waals surface area contributed by atoms with E-state index in [1.54, 1.807) is 12.1 Å². The van der Waals surface area contributed by atoms with E-state index in [2.05, 4.69) is 20.7 Å². The highest BCUT2D eigenvalue weighted by molar-refractivity contribution is 6.42. The van der Waals surface area contributed by atoms with E-state index in [4.69, 9.17) is 45.4 Å². The number of amides is 2. The summed E-state index contributed by atoms with van der Waals surface area (Å²) in [5.41, 5.74) is 9.46. The third-order valence-corrected chi connectivity index (χ3v) is 4.84. The fourth-order valence-electron chi connectivity index (χ4n) is 2.58. The Kier molecular flexibility index (Phi) is 8.96. The zero-order valence-electron chi connectivity index (χ0n) is 15.8. The lowest BCUT2D eigenvalue weighted by Gasteiger charge is -2.15. The van der Waals surface area contributed by atoms with Crippen molar-refractivity contribution in [1.29, 1.82) is 0 Å². The first kappa shape index (κ1) is 24.3. The third-order valence-electron chi connectivity index (χ3n) is 4.02.